The van der Waals surface area contributed by atoms with Gasteiger partial charge in [-0.25, -0.2) is 4.79 Å². The third-order valence-electron chi connectivity index (χ3n) is 0.741. The molecule has 0 radical (unpaired) electrons. The van der Waals surface area contributed by atoms with Gasteiger partial charge in [0.25, 0.3) is 0 Å². The molecule has 0 heterocycles. The Labute approximate surface area is 52.3 Å². The Kier molecular flexibility index (Phi) is 3.35. The van der Waals surface area contributed by atoms with E-state index in [4.69, 9.17) is 10.5 Å². The van der Waals surface area contributed by atoms with Crippen LogP contribution in [0.4, 0.5) is 0 Å². The summed E-state index contributed by atoms with van der Waals surface area (Å²) in [4.78, 5) is 10.4. The summed E-state index contributed by atoms with van der Waals surface area (Å²) < 4.78 is 4.18. The molecule has 9 heavy (non-hydrogen) atoms. The number of esters is 1. The highest BCUT2D eigenvalue weighted by atomic mass is 16.5. The van der Waals surface area contributed by atoms with Crippen LogP contribution in [0.25, 0.3) is 0 Å². The minimum atomic E-state index is -0.715. The van der Waals surface area contributed by atoms with Crippen LogP contribution in [0.5, 0.6) is 0 Å². The highest BCUT2D eigenvalue weighted by Gasteiger charge is 2.05. The summed E-state index contributed by atoms with van der Waals surface area (Å²) in [6.45, 7) is -0.504. The third-order valence-corrected chi connectivity index (χ3v) is 0.741. The molecule has 0 aliphatic carbocycles. The second-order valence-electron chi connectivity index (χ2n) is 1.25. The lowest BCUT2D eigenvalue weighted by Gasteiger charge is -1.94. The zero-order chi connectivity index (χ0) is 7.28. The Morgan fingerprint density at radius 3 is 2.56 bits per heavy atom. The van der Waals surface area contributed by atoms with Crippen LogP contribution in [-0.2, 0) is 9.53 Å². The summed E-state index contributed by atoms with van der Waals surface area (Å²) in [6.07, 6.45) is 0. The third kappa shape index (κ3) is 2.08. The van der Waals surface area contributed by atoms with Gasteiger partial charge in [0.1, 0.15) is 5.57 Å². The summed E-state index contributed by atoms with van der Waals surface area (Å²) in [7, 11) is 1.18. The summed E-state index contributed by atoms with van der Waals surface area (Å²) in [5.74, 6) is 1.03. The van der Waals surface area contributed by atoms with E-state index in [0.29, 0.717) is 0 Å². The Bertz CT molecular complexity index is 158. The van der Waals surface area contributed by atoms with Crippen molar-refractivity contribution in [2.75, 3.05) is 13.7 Å². The van der Waals surface area contributed by atoms with Gasteiger partial charge in [-0.05, 0) is 5.87 Å². The predicted molar refractivity (Wildman–Crippen MR) is 30.3 cm³/mol. The van der Waals surface area contributed by atoms with Gasteiger partial charge in [-0.2, -0.15) is 0 Å². The van der Waals surface area contributed by atoms with E-state index < -0.39 is 12.6 Å². The Balaban J connectivity index is 4.14. The number of carbonyl (C=O) groups is 1. The predicted octanol–water partition coefficient (Wildman–Crippen LogP) is -0.673. The van der Waals surface area contributed by atoms with Crippen molar-refractivity contribution in [3.63, 3.8) is 0 Å². The molecule has 0 atom stereocenters. The fraction of sp³-hybridized carbons (Fsp3) is 0.400. The van der Waals surface area contributed by atoms with Gasteiger partial charge in [-0.3, -0.25) is 5.41 Å². The standard InChI is InChI=1S/C5H7NO3/c1-9-5(8)4(2-6)3-7/h6-7H,3H2,1H3. The van der Waals surface area contributed by atoms with Crippen LogP contribution >= 0.6 is 0 Å². The van der Waals surface area contributed by atoms with E-state index in [9.17, 15) is 4.79 Å². The molecule has 0 aromatic carbocycles. The highest BCUT2D eigenvalue weighted by molar-refractivity contribution is 5.97. The first-order valence-electron chi connectivity index (χ1n) is 2.24. The van der Waals surface area contributed by atoms with E-state index in [2.05, 4.69) is 4.74 Å². The zero-order valence-electron chi connectivity index (χ0n) is 4.97. The topological polar surface area (TPSA) is 70.4 Å². The first-order valence-corrected chi connectivity index (χ1v) is 2.24. The second kappa shape index (κ2) is 3.83. The van der Waals surface area contributed by atoms with Crippen molar-refractivity contribution < 1.29 is 14.6 Å². The summed E-state index contributed by atoms with van der Waals surface area (Å²) in [6, 6.07) is 0. The first kappa shape index (κ1) is 7.88. The summed E-state index contributed by atoms with van der Waals surface area (Å²) in [5.41, 5.74) is -0.169. The van der Waals surface area contributed by atoms with E-state index in [1.165, 1.54) is 7.11 Å². The zero-order valence-corrected chi connectivity index (χ0v) is 4.97. The van der Waals surface area contributed by atoms with Gasteiger partial charge in [0.15, 0.2) is 0 Å². The lowest BCUT2D eigenvalue weighted by Crippen LogP contribution is -2.08. The molecule has 2 N–H and O–H groups in total. The monoisotopic (exact) mass is 129 g/mol. The minimum Gasteiger partial charge on any atom is -0.465 e. The second-order valence-corrected chi connectivity index (χ2v) is 1.25. The normalized spacial score (nSPS) is 7.78. The molecule has 0 aromatic rings. The highest BCUT2D eigenvalue weighted by Crippen LogP contribution is 1.87. The van der Waals surface area contributed by atoms with Gasteiger partial charge < -0.3 is 9.84 Å². The molecule has 4 nitrogen and oxygen atoms in total. The summed E-state index contributed by atoms with van der Waals surface area (Å²) >= 11 is 0. The van der Waals surface area contributed by atoms with Gasteiger partial charge in [0.2, 0.25) is 0 Å². The molecule has 0 rings (SSSR count). The average Bonchev–Trinajstić information content (AvgIpc) is 1.90. The van der Waals surface area contributed by atoms with Crippen molar-refractivity contribution >= 4 is 11.8 Å². The van der Waals surface area contributed by atoms with Crippen molar-refractivity contribution in [2.45, 2.75) is 0 Å². The smallest absolute Gasteiger partial charge is 0.345 e. The van der Waals surface area contributed by atoms with E-state index in [1.54, 1.807) is 5.87 Å². The van der Waals surface area contributed by atoms with Crippen molar-refractivity contribution in [1.29, 1.82) is 5.41 Å². The molecule has 0 fully saturated rings. The maximum atomic E-state index is 10.4. The van der Waals surface area contributed by atoms with Crippen LogP contribution in [0.2, 0.25) is 0 Å². The van der Waals surface area contributed by atoms with Crippen LogP contribution in [0.15, 0.2) is 5.57 Å². The number of hydrogen-bond donors (Lipinski definition) is 2. The molecule has 0 saturated carbocycles. The van der Waals surface area contributed by atoms with Crippen molar-refractivity contribution in [2.24, 2.45) is 0 Å². The van der Waals surface area contributed by atoms with E-state index >= 15 is 0 Å². The number of ether oxygens (including phenoxy) is 1. The SMILES string of the molecule is COC(=O)C(=C=N)CO. The molecule has 0 aliphatic heterocycles. The maximum absolute atomic E-state index is 10.4. The fourth-order valence-electron chi connectivity index (χ4n) is 0.278. The number of aliphatic hydroxyl groups is 1. The summed E-state index contributed by atoms with van der Waals surface area (Å²) in [5, 5.41) is 14.8. The number of aliphatic hydroxyl groups excluding tert-OH is 1. The number of nitrogens with one attached hydrogen (secondary N) is 1. The Hall–Kier alpha value is -1.12. The Morgan fingerprint density at radius 2 is 2.44 bits per heavy atom. The average molecular weight is 129 g/mol. The van der Waals surface area contributed by atoms with Crippen LogP contribution in [0, 0.1) is 5.41 Å². The van der Waals surface area contributed by atoms with Crippen molar-refractivity contribution in [3.05, 3.63) is 5.57 Å². The number of rotatable bonds is 2. The minimum absolute atomic E-state index is 0.169. The molecule has 0 aromatic heterocycles. The molecule has 0 saturated heterocycles. The number of methoxy groups -OCH3 is 1. The molecule has 0 spiro atoms. The number of hydrogen-bond acceptors (Lipinski definition) is 4. The van der Waals surface area contributed by atoms with Gasteiger partial charge in [-0.1, -0.05) is 0 Å². The fourth-order valence-corrected chi connectivity index (χ4v) is 0.278. The molecular formula is C5H7NO3. The quantitative estimate of drug-likeness (QED) is 0.295. The van der Waals surface area contributed by atoms with Crippen molar-refractivity contribution in [1.82, 2.24) is 0 Å². The van der Waals surface area contributed by atoms with Crippen molar-refractivity contribution in [3.8, 4) is 0 Å². The lowest BCUT2D eigenvalue weighted by atomic mass is 10.3. The van der Waals surface area contributed by atoms with Gasteiger partial charge in [0.05, 0.1) is 13.7 Å². The van der Waals surface area contributed by atoms with E-state index in [-0.39, 0.29) is 5.57 Å². The molecule has 0 aliphatic rings. The molecule has 0 bridgehead atoms. The molecule has 0 unspecified atom stereocenters. The molecule has 50 valence electrons. The van der Waals surface area contributed by atoms with Gasteiger partial charge in [0, 0.05) is 0 Å². The Morgan fingerprint density at radius 1 is 1.89 bits per heavy atom. The molecule has 4 heteroatoms. The largest absolute Gasteiger partial charge is 0.465 e. The van der Waals surface area contributed by atoms with E-state index in [1.807, 2.05) is 0 Å². The molecule has 0 amide bonds. The van der Waals surface area contributed by atoms with Crippen LogP contribution in [0.3, 0.4) is 0 Å². The molecular weight excluding hydrogens is 122 g/mol. The van der Waals surface area contributed by atoms with E-state index in [0.717, 1.165) is 0 Å². The van der Waals surface area contributed by atoms with Crippen LogP contribution in [0.1, 0.15) is 0 Å². The maximum Gasteiger partial charge on any atom is 0.345 e. The van der Waals surface area contributed by atoms with Gasteiger partial charge in [-0.15, -0.1) is 0 Å². The van der Waals surface area contributed by atoms with Crippen LogP contribution < -0.4 is 0 Å². The van der Waals surface area contributed by atoms with Gasteiger partial charge >= 0.3 is 5.97 Å². The first-order chi connectivity index (χ1) is 4.26. The number of carbonyl (C=O) groups excluding carboxylic acids is 1. The van der Waals surface area contributed by atoms with Crippen LogP contribution in [-0.4, -0.2) is 30.7 Å². The lowest BCUT2D eigenvalue weighted by molar-refractivity contribution is -0.136.